The Bertz CT molecular complexity index is 1130. The number of rotatable bonds is 5. The first-order chi connectivity index (χ1) is 15.1. The fourth-order valence-corrected chi connectivity index (χ4v) is 3.62. The highest BCUT2D eigenvalue weighted by Gasteiger charge is 2.12. The van der Waals surface area contributed by atoms with E-state index in [-0.39, 0.29) is 5.91 Å². The van der Waals surface area contributed by atoms with Crippen molar-refractivity contribution >= 4 is 34.6 Å². The molecule has 31 heavy (non-hydrogen) atoms. The number of benzene rings is 3. The number of amides is 1. The summed E-state index contributed by atoms with van der Waals surface area (Å²) in [7, 11) is 1.66. The third kappa shape index (κ3) is 5.22. The Labute approximate surface area is 187 Å². The number of nitrogens with zero attached hydrogens (tertiary/aromatic N) is 1. The van der Waals surface area contributed by atoms with Gasteiger partial charge in [0.05, 0.1) is 12.8 Å². The van der Waals surface area contributed by atoms with E-state index in [1.165, 1.54) is 0 Å². The third-order valence-electron chi connectivity index (χ3n) is 5.16. The first-order valence-corrected chi connectivity index (χ1v) is 10.6. The molecule has 3 aromatic carbocycles. The van der Waals surface area contributed by atoms with Crippen molar-refractivity contribution in [2.75, 3.05) is 12.4 Å². The number of anilines is 1. The molecule has 4 nitrogen and oxygen atoms in total. The Morgan fingerprint density at radius 2 is 1.77 bits per heavy atom. The highest BCUT2D eigenvalue weighted by Crippen LogP contribution is 2.26. The summed E-state index contributed by atoms with van der Waals surface area (Å²) in [6.45, 7) is 0. The number of nitrogens with one attached hydrogen (secondary N) is 1. The molecule has 1 N–H and O–H groups in total. The van der Waals surface area contributed by atoms with Crippen molar-refractivity contribution in [1.82, 2.24) is 0 Å². The van der Waals surface area contributed by atoms with Crippen LogP contribution in [0.25, 0.3) is 5.70 Å². The van der Waals surface area contributed by atoms with Crippen molar-refractivity contribution in [3.63, 3.8) is 0 Å². The minimum atomic E-state index is -0.175. The molecule has 0 saturated carbocycles. The van der Waals surface area contributed by atoms with E-state index in [1.807, 2.05) is 48.5 Å². The van der Waals surface area contributed by atoms with E-state index >= 15 is 0 Å². The molecule has 0 aromatic heterocycles. The molecule has 156 valence electrons. The second-order valence-electron chi connectivity index (χ2n) is 7.31. The Morgan fingerprint density at radius 3 is 2.52 bits per heavy atom. The first kappa shape index (κ1) is 20.9. The molecule has 4 rings (SSSR count). The number of allylic oxidation sites excluding steroid dienone is 1. The average molecular weight is 431 g/mol. The van der Waals surface area contributed by atoms with Gasteiger partial charge in [-0.3, -0.25) is 9.79 Å². The van der Waals surface area contributed by atoms with E-state index in [0.29, 0.717) is 10.6 Å². The third-order valence-corrected chi connectivity index (χ3v) is 5.41. The van der Waals surface area contributed by atoms with Gasteiger partial charge in [0.15, 0.2) is 0 Å². The summed E-state index contributed by atoms with van der Waals surface area (Å²) in [5.74, 6) is 0.656. The largest absolute Gasteiger partial charge is 0.497 e. The van der Waals surface area contributed by atoms with Crippen LogP contribution in [0, 0.1) is 0 Å². The van der Waals surface area contributed by atoms with E-state index < -0.39 is 0 Å². The van der Waals surface area contributed by atoms with Gasteiger partial charge in [0, 0.05) is 27.5 Å². The van der Waals surface area contributed by atoms with Crippen LogP contribution < -0.4 is 10.1 Å². The Morgan fingerprint density at radius 1 is 1.00 bits per heavy atom. The molecule has 5 heteroatoms. The van der Waals surface area contributed by atoms with E-state index in [9.17, 15) is 4.79 Å². The van der Waals surface area contributed by atoms with Gasteiger partial charge >= 0.3 is 0 Å². The number of aliphatic imine (C=N–C) groups is 1. The van der Waals surface area contributed by atoms with Crippen molar-refractivity contribution in [2.24, 2.45) is 4.99 Å². The van der Waals surface area contributed by atoms with Gasteiger partial charge in [-0.2, -0.15) is 0 Å². The monoisotopic (exact) mass is 430 g/mol. The van der Waals surface area contributed by atoms with Crippen LogP contribution in [0.4, 0.5) is 5.69 Å². The fraction of sp³-hybridized carbons (Fsp3) is 0.154. The zero-order valence-electron chi connectivity index (χ0n) is 17.3. The van der Waals surface area contributed by atoms with Crippen LogP contribution in [0.3, 0.4) is 0 Å². The zero-order valence-corrected chi connectivity index (χ0v) is 18.0. The zero-order chi connectivity index (χ0) is 21.6. The number of hydrogen-bond donors (Lipinski definition) is 1. The fourth-order valence-electron chi connectivity index (χ4n) is 3.49. The molecule has 1 amide bonds. The van der Waals surface area contributed by atoms with Gasteiger partial charge in [0.2, 0.25) is 0 Å². The predicted molar refractivity (Wildman–Crippen MR) is 127 cm³/mol. The molecule has 0 unspecified atom stereocenters. The molecule has 0 spiro atoms. The summed E-state index contributed by atoms with van der Waals surface area (Å²) in [4.78, 5) is 17.5. The Balaban J connectivity index is 1.57. The van der Waals surface area contributed by atoms with Crippen LogP contribution in [0.5, 0.6) is 5.75 Å². The summed E-state index contributed by atoms with van der Waals surface area (Å²) >= 11 is 5.91. The van der Waals surface area contributed by atoms with Gasteiger partial charge in [0.25, 0.3) is 5.91 Å². The van der Waals surface area contributed by atoms with E-state index in [4.69, 9.17) is 21.3 Å². The quantitative estimate of drug-likeness (QED) is 0.494. The van der Waals surface area contributed by atoms with Gasteiger partial charge in [-0.25, -0.2) is 0 Å². The molecule has 0 fully saturated rings. The van der Waals surface area contributed by atoms with Gasteiger partial charge in [-0.1, -0.05) is 29.8 Å². The van der Waals surface area contributed by atoms with E-state index in [0.717, 1.165) is 53.2 Å². The van der Waals surface area contributed by atoms with Crippen molar-refractivity contribution in [3.05, 3.63) is 101 Å². The summed E-state index contributed by atoms with van der Waals surface area (Å²) < 4.78 is 5.26. The van der Waals surface area contributed by atoms with E-state index in [1.54, 1.807) is 31.4 Å². The van der Waals surface area contributed by atoms with Crippen molar-refractivity contribution < 1.29 is 9.53 Å². The number of carbonyl (C=O) groups is 1. The maximum atomic E-state index is 12.6. The van der Waals surface area contributed by atoms with Crippen LogP contribution in [-0.2, 0) is 0 Å². The maximum Gasteiger partial charge on any atom is 0.255 e. The van der Waals surface area contributed by atoms with Crippen molar-refractivity contribution in [3.8, 4) is 5.75 Å². The number of methoxy groups -OCH3 is 1. The number of carbonyl (C=O) groups excluding carboxylic acids is 1. The molecule has 1 aliphatic rings. The maximum absolute atomic E-state index is 12.6. The standard InChI is InChI=1S/C26H23ClN2O2/c1-31-23-15-11-18(12-16-23)24-7-2-3-8-25(29-24)20-5-4-6-22(17-20)28-26(30)19-9-13-21(27)14-10-19/h4-6,8-17H,2-3,7H2,1H3,(H,28,30). The molecule has 0 atom stereocenters. The Hall–Kier alpha value is -3.37. The number of ether oxygens (including phenoxy) is 1. The number of halogens is 1. The minimum absolute atomic E-state index is 0.175. The van der Waals surface area contributed by atoms with Crippen molar-refractivity contribution in [2.45, 2.75) is 19.3 Å². The molecule has 0 radical (unpaired) electrons. The molecular weight excluding hydrogens is 408 g/mol. The highest BCUT2D eigenvalue weighted by molar-refractivity contribution is 6.30. The van der Waals surface area contributed by atoms with Gasteiger partial charge in [0.1, 0.15) is 5.75 Å². The van der Waals surface area contributed by atoms with Gasteiger partial charge < -0.3 is 10.1 Å². The predicted octanol–water partition coefficient (Wildman–Crippen LogP) is 6.62. The Kier molecular flexibility index (Phi) is 6.48. The lowest BCUT2D eigenvalue weighted by atomic mass is 10.1. The van der Waals surface area contributed by atoms with Crippen LogP contribution >= 0.6 is 11.6 Å². The second kappa shape index (κ2) is 9.63. The minimum Gasteiger partial charge on any atom is -0.497 e. The molecule has 0 bridgehead atoms. The highest BCUT2D eigenvalue weighted by atomic mass is 35.5. The lowest BCUT2D eigenvalue weighted by Crippen LogP contribution is -2.11. The topological polar surface area (TPSA) is 50.7 Å². The summed E-state index contributed by atoms with van der Waals surface area (Å²) in [6, 6.07) is 22.6. The SMILES string of the molecule is COc1ccc(C2=NC(c3cccc(NC(=O)c4ccc(Cl)cc4)c3)=CCCC2)cc1. The van der Waals surface area contributed by atoms with Gasteiger partial charge in [-0.15, -0.1) is 0 Å². The molecule has 1 heterocycles. The van der Waals surface area contributed by atoms with Crippen LogP contribution in [-0.4, -0.2) is 18.7 Å². The molecule has 3 aromatic rings. The molecule has 0 aliphatic carbocycles. The molecule has 1 aliphatic heterocycles. The lowest BCUT2D eigenvalue weighted by molar-refractivity contribution is 0.102. The van der Waals surface area contributed by atoms with Crippen LogP contribution in [0.15, 0.2) is 83.9 Å². The normalized spacial score (nSPS) is 13.6. The summed E-state index contributed by atoms with van der Waals surface area (Å²) in [5.41, 5.74) is 5.34. The molecule has 0 saturated heterocycles. The van der Waals surface area contributed by atoms with Crippen LogP contribution in [0.1, 0.15) is 40.7 Å². The smallest absolute Gasteiger partial charge is 0.255 e. The number of hydrogen-bond acceptors (Lipinski definition) is 3. The van der Waals surface area contributed by atoms with Crippen LogP contribution in [0.2, 0.25) is 5.02 Å². The summed E-state index contributed by atoms with van der Waals surface area (Å²) in [5, 5.41) is 3.56. The van der Waals surface area contributed by atoms with E-state index in [2.05, 4.69) is 11.4 Å². The van der Waals surface area contributed by atoms with Crippen molar-refractivity contribution in [1.29, 1.82) is 0 Å². The van der Waals surface area contributed by atoms with Gasteiger partial charge in [-0.05, 0) is 85.5 Å². The lowest BCUT2D eigenvalue weighted by Gasteiger charge is -2.10. The average Bonchev–Trinajstić information content (AvgIpc) is 3.06. The molecular formula is C26H23ClN2O2. The first-order valence-electron chi connectivity index (χ1n) is 10.2. The summed E-state index contributed by atoms with van der Waals surface area (Å²) in [6.07, 6.45) is 5.08. The second-order valence-corrected chi connectivity index (χ2v) is 7.75.